The summed E-state index contributed by atoms with van der Waals surface area (Å²) in [5.41, 5.74) is 1.94. The molecule has 0 fully saturated rings. The summed E-state index contributed by atoms with van der Waals surface area (Å²) in [5, 5.41) is 5.36. The van der Waals surface area contributed by atoms with Crippen LogP contribution in [0.25, 0.3) is 0 Å². The molecule has 1 amide bonds. The van der Waals surface area contributed by atoms with E-state index in [1.807, 2.05) is 42.6 Å². The minimum Gasteiger partial charge on any atom is -0.302 e. The van der Waals surface area contributed by atoms with Crippen LogP contribution in [0.4, 0.5) is 5.13 Å². The molecular formula is C12H12N2OS. The molecule has 82 valence electrons. The normalized spacial score (nSPS) is 10.1. The van der Waals surface area contributed by atoms with Gasteiger partial charge in [-0.3, -0.25) is 4.79 Å². The van der Waals surface area contributed by atoms with Crippen molar-refractivity contribution in [2.75, 3.05) is 5.32 Å². The van der Waals surface area contributed by atoms with Crippen molar-refractivity contribution < 1.29 is 4.79 Å². The molecular weight excluding hydrogens is 220 g/mol. The number of rotatable bonds is 3. The third-order valence-corrected chi connectivity index (χ3v) is 2.95. The molecule has 3 nitrogen and oxygen atoms in total. The highest BCUT2D eigenvalue weighted by molar-refractivity contribution is 7.13. The maximum Gasteiger partial charge on any atom is 0.230 e. The minimum atomic E-state index is -0.0273. The summed E-state index contributed by atoms with van der Waals surface area (Å²) in [4.78, 5) is 15.8. The van der Waals surface area contributed by atoms with Gasteiger partial charge in [0.05, 0.1) is 12.1 Å². The van der Waals surface area contributed by atoms with E-state index in [1.165, 1.54) is 11.3 Å². The number of amides is 1. The van der Waals surface area contributed by atoms with Gasteiger partial charge in [0.15, 0.2) is 5.13 Å². The molecule has 0 radical (unpaired) electrons. The molecule has 0 aliphatic rings. The maximum absolute atomic E-state index is 11.6. The molecule has 2 rings (SSSR count). The van der Waals surface area contributed by atoms with Gasteiger partial charge in [0.2, 0.25) is 5.91 Å². The summed E-state index contributed by atoms with van der Waals surface area (Å²) in [7, 11) is 0. The number of thiazole rings is 1. The van der Waals surface area contributed by atoms with Crippen molar-refractivity contribution in [1.29, 1.82) is 0 Å². The van der Waals surface area contributed by atoms with E-state index in [1.54, 1.807) is 0 Å². The smallest absolute Gasteiger partial charge is 0.230 e. The highest BCUT2D eigenvalue weighted by atomic mass is 32.1. The Morgan fingerprint density at radius 2 is 2.12 bits per heavy atom. The van der Waals surface area contributed by atoms with Crippen LogP contribution in [0.3, 0.4) is 0 Å². The first-order valence-corrected chi connectivity index (χ1v) is 5.88. The molecule has 1 N–H and O–H groups in total. The zero-order valence-electron chi connectivity index (χ0n) is 8.93. The fourth-order valence-electron chi connectivity index (χ4n) is 1.36. The molecule has 2 aromatic rings. The van der Waals surface area contributed by atoms with Gasteiger partial charge in [-0.2, -0.15) is 0 Å². The van der Waals surface area contributed by atoms with Crippen LogP contribution < -0.4 is 5.32 Å². The number of hydrogen-bond acceptors (Lipinski definition) is 3. The van der Waals surface area contributed by atoms with Gasteiger partial charge in [-0.05, 0) is 12.5 Å². The second-order valence-electron chi connectivity index (χ2n) is 3.50. The maximum atomic E-state index is 11.6. The SMILES string of the molecule is Cc1csc(NC(=O)Cc2ccccc2)n1. The van der Waals surface area contributed by atoms with Gasteiger partial charge in [0, 0.05) is 5.38 Å². The predicted molar refractivity (Wildman–Crippen MR) is 65.6 cm³/mol. The van der Waals surface area contributed by atoms with E-state index >= 15 is 0 Å². The fourth-order valence-corrected chi connectivity index (χ4v) is 2.06. The summed E-state index contributed by atoms with van der Waals surface area (Å²) < 4.78 is 0. The van der Waals surface area contributed by atoms with Crippen molar-refractivity contribution in [3.8, 4) is 0 Å². The third kappa shape index (κ3) is 2.90. The first-order valence-electron chi connectivity index (χ1n) is 5.00. The van der Waals surface area contributed by atoms with E-state index in [4.69, 9.17) is 0 Å². The highest BCUT2D eigenvalue weighted by Gasteiger charge is 2.05. The Labute approximate surface area is 98.2 Å². The van der Waals surface area contributed by atoms with Crippen molar-refractivity contribution in [2.24, 2.45) is 0 Å². The van der Waals surface area contributed by atoms with E-state index in [0.29, 0.717) is 11.6 Å². The van der Waals surface area contributed by atoms with Crippen molar-refractivity contribution in [2.45, 2.75) is 13.3 Å². The van der Waals surface area contributed by atoms with Crippen LogP contribution in [0.1, 0.15) is 11.3 Å². The molecule has 0 unspecified atom stereocenters. The number of aryl methyl sites for hydroxylation is 1. The molecule has 1 aromatic carbocycles. The van der Waals surface area contributed by atoms with E-state index in [0.717, 1.165) is 11.3 Å². The average Bonchev–Trinajstić information content (AvgIpc) is 2.65. The summed E-state index contributed by atoms with van der Waals surface area (Å²) >= 11 is 1.45. The second-order valence-corrected chi connectivity index (χ2v) is 4.36. The number of carbonyl (C=O) groups excluding carboxylic acids is 1. The number of carbonyl (C=O) groups is 1. The lowest BCUT2D eigenvalue weighted by Gasteiger charge is -2.01. The van der Waals surface area contributed by atoms with Crippen LogP contribution in [0, 0.1) is 6.92 Å². The predicted octanol–water partition coefficient (Wildman–Crippen LogP) is 2.63. The van der Waals surface area contributed by atoms with Gasteiger partial charge in [-0.25, -0.2) is 4.98 Å². The van der Waals surface area contributed by atoms with Gasteiger partial charge < -0.3 is 5.32 Å². The average molecular weight is 232 g/mol. The molecule has 16 heavy (non-hydrogen) atoms. The molecule has 1 heterocycles. The van der Waals surface area contributed by atoms with E-state index in [9.17, 15) is 4.79 Å². The Bertz CT molecular complexity index is 479. The Morgan fingerprint density at radius 3 is 2.75 bits per heavy atom. The largest absolute Gasteiger partial charge is 0.302 e. The first kappa shape index (κ1) is 10.8. The van der Waals surface area contributed by atoms with Gasteiger partial charge in [-0.1, -0.05) is 30.3 Å². The number of nitrogens with one attached hydrogen (secondary N) is 1. The fraction of sp³-hybridized carbons (Fsp3) is 0.167. The van der Waals surface area contributed by atoms with Crippen molar-refractivity contribution in [3.05, 3.63) is 47.0 Å². The Balaban J connectivity index is 1.95. The Hall–Kier alpha value is -1.68. The number of benzene rings is 1. The standard InChI is InChI=1S/C12H12N2OS/c1-9-8-16-12(13-9)14-11(15)7-10-5-3-2-4-6-10/h2-6,8H,7H2,1H3,(H,13,14,15). The van der Waals surface area contributed by atoms with Gasteiger partial charge in [0.25, 0.3) is 0 Å². The number of anilines is 1. The molecule has 0 aliphatic carbocycles. The van der Waals surface area contributed by atoms with Crippen molar-refractivity contribution >= 4 is 22.4 Å². The Morgan fingerprint density at radius 1 is 1.38 bits per heavy atom. The van der Waals surface area contributed by atoms with Gasteiger partial charge in [-0.15, -0.1) is 11.3 Å². The molecule has 0 bridgehead atoms. The first-order chi connectivity index (χ1) is 7.74. The number of nitrogens with zero attached hydrogens (tertiary/aromatic N) is 1. The summed E-state index contributed by atoms with van der Waals surface area (Å²) in [6.45, 7) is 1.91. The lowest BCUT2D eigenvalue weighted by Crippen LogP contribution is -2.14. The molecule has 1 aromatic heterocycles. The summed E-state index contributed by atoms with van der Waals surface area (Å²) in [5.74, 6) is -0.0273. The lowest BCUT2D eigenvalue weighted by molar-refractivity contribution is -0.115. The van der Waals surface area contributed by atoms with Crippen molar-refractivity contribution in [3.63, 3.8) is 0 Å². The van der Waals surface area contributed by atoms with E-state index in [2.05, 4.69) is 10.3 Å². The van der Waals surface area contributed by atoms with Crippen LogP contribution in [-0.2, 0) is 11.2 Å². The number of hydrogen-bond donors (Lipinski definition) is 1. The van der Waals surface area contributed by atoms with Gasteiger partial charge >= 0.3 is 0 Å². The lowest BCUT2D eigenvalue weighted by atomic mass is 10.1. The second kappa shape index (κ2) is 4.90. The highest BCUT2D eigenvalue weighted by Crippen LogP contribution is 2.14. The van der Waals surface area contributed by atoms with E-state index in [-0.39, 0.29) is 5.91 Å². The molecule has 0 aliphatic heterocycles. The third-order valence-electron chi connectivity index (χ3n) is 2.07. The zero-order valence-corrected chi connectivity index (χ0v) is 9.75. The molecule has 4 heteroatoms. The monoisotopic (exact) mass is 232 g/mol. The van der Waals surface area contributed by atoms with Crippen molar-refractivity contribution in [1.82, 2.24) is 4.98 Å². The molecule has 0 atom stereocenters. The summed E-state index contributed by atoms with van der Waals surface area (Å²) in [6.07, 6.45) is 0.388. The van der Waals surface area contributed by atoms with Crippen LogP contribution in [0.5, 0.6) is 0 Å². The van der Waals surface area contributed by atoms with Gasteiger partial charge in [0.1, 0.15) is 0 Å². The van der Waals surface area contributed by atoms with E-state index < -0.39 is 0 Å². The van der Waals surface area contributed by atoms with Crippen LogP contribution in [-0.4, -0.2) is 10.9 Å². The van der Waals surface area contributed by atoms with Crippen LogP contribution >= 0.6 is 11.3 Å². The van der Waals surface area contributed by atoms with Crippen LogP contribution in [0.2, 0.25) is 0 Å². The minimum absolute atomic E-state index is 0.0273. The molecule has 0 saturated heterocycles. The Kier molecular flexibility index (Phi) is 3.31. The quantitative estimate of drug-likeness (QED) is 0.884. The number of aromatic nitrogens is 1. The van der Waals surface area contributed by atoms with Crippen LogP contribution in [0.15, 0.2) is 35.7 Å². The molecule has 0 saturated carbocycles. The summed E-state index contributed by atoms with van der Waals surface area (Å²) in [6, 6.07) is 9.66. The topological polar surface area (TPSA) is 42.0 Å². The molecule has 0 spiro atoms. The zero-order chi connectivity index (χ0) is 11.4.